The lowest BCUT2D eigenvalue weighted by Gasteiger charge is -2.35. The number of halogens is 1. The number of fused-ring (bicyclic) bond motifs is 1. The summed E-state index contributed by atoms with van der Waals surface area (Å²) in [4.78, 5) is 0. The molecule has 0 spiro atoms. The fourth-order valence-electron chi connectivity index (χ4n) is 2.56. The topological polar surface area (TPSA) is 58.9 Å². The van der Waals surface area contributed by atoms with Gasteiger partial charge in [0, 0.05) is 12.3 Å². The molecule has 1 fully saturated rings. The molecule has 4 nitrogen and oxygen atoms in total. The molecule has 2 rings (SSSR count). The smallest absolute Gasteiger partial charge is 0.186 e. The Morgan fingerprint density at radius 2 is 2.12 bits per heavy atom. The molecular formula is C12H17FO4. The maximum absolute atomic E-state index is 13.4. The molecule has 2 aliphatic rings. The van der Waals surface area contributed by atoms with Gasteiger partial charge in [0.15, 0.2) is 6.79 Å². The maximum Gasteiger partial charge on any atom is 0.186 e. The van der Waals surface area contributed by atoms with Crippen molar-refractivity contribution in [1.82, 2.24) is 0 Å². The van der Waals surface area contributed by atoms with E-state index in [4.69, 9.17) is 19.7 Å². The van der Waals surface area contributed by atoms with Crippen LogP contribution in [0.3, 0.4) is 0 Å². The summed E-state index contributed by atoms with van der Waals surface area (Å²) in [7, 11) is 0. The summed E-state index contributed by atoms with van der Waals surface area (Å²) >= 11 is 0. The predicted molar refractivity (Wildman–Crippen MR) is 58.5 cm³/mol. The molecule has 2 N–H and O–H groups in total. The second kappa shape index (κ2) is 5.62. The van der Waals surface area contributed by atoms with Crippen LogP contribution in [0.4, 0.5) is 4.39 Å². The quantitative estimate of drug-likeness (QED) is 0.731. The van der Waals surface area contributed by atoms with Gasteiger partial charge in [-0.15, -0.1) is 0 Å². The number of hydrogen-bond donors (Lipinski definition) is 2. The van der Waals surface area contributed by atoms with Crippen molar-refractivity contribution in [2.75, 3.05) is 13.6 Å². The van der Waals surface area contributed by atoms with E-state index < -0.39 is 13.0 Å². The number of rotatable bonds is 4. The van der Waals surface area contributed by atoms with E-state index in [0.29, 0.717) is 25.0 Å². The fourth-order valence-corrected chi connectivity index (χ4v) is 2.56. The van der Waals surface area contributed by atoms with Crippen LogP contribution < -0.4 is 0 Å². The van der Waals surface area contributed by atoms with E-state index >= 15 is 0 Å². The Labute approximate surface area is 99.3 Å². The molecule has 1 saturated carbocycles. The SMILES string of the molecule is OCOC1=C2CC(F)CCC2C(OCO)C=C1. The fraction of sp³-hybridized carbons (Fsp3) is 0.667. The third-order valence-corrected chi connectivity index (χ3v) is 3.32. The lowest BCUT2D eigenvalue weighted by Crippen LogP contribution is -2.33. The van der Waals surface area contributed by atoms with Crippen LogP contribution in [-0.4, -0.2) is 36.1 Å². The van der Waals surface area contributed by atoms with Gasteiger partial charge in [0.25, 0.3) is 0 Å². The van der Waals surface area contributed by atoms with Gasteiger partial charge < -0.3 is 19.7 Å². The third kappa shape index (κ3) is 2.68. The van der Waals surface area contributed by atoms with E-state index in [-0.39, 0.29) is 18.8 Å². The van der Waals surface area contributed by atoms with Gasteiger partial charge in [0.2, 0.25) is 0 Å². The Balaban J connectivity index is 2.20. The minimum Gasteiger partial charge on any atom is -0.468 e. The van der Waals surface area contributed by atoms with Crippen LogP contribution in [0.15, 0.2) is 23.5 Å². The lowest BCUT2D eigenvalue weighted by atomic mass is 9.77. The first kappa shape index (κ1) is 12.5. The van der Waals surface area contributed by atoms with E-state index in [1.54, 1.807) is 12.2 Å². The molecule has 3 atom stereocenters. The average Bonchev–Trinajstić information content (AvgIpc) is 2.32. The van der Waals surface area contributed by atoms with Gasteiger partial charge in [-0.2, -0.15) is 0 Å². The first-order valence-electron chi connectivity index (χ1n) is 5.77. The summed E-state index contributed by atoms with van der Waals surface area (Å²) in [5, 5.41) is 17.6. The number of alkyl halides is 1. The van der Waals surface area contributed by atoms with Gasteiger partial charge in [0.05, 0.1) is 6.10 Å². The molecule has 5 heteroatoms. The van der Waals surface area contributed by atoms with Crippen LogP contribution in [-0.2, 0) is 9.47 Å². The lowest BCUT2D eigenvalue weighted by molar-refractivity contribution is -0.0548. The molecule has 2 aliphatic carbocycles. The zero-order chi connectivity index (χ0) is 12.3. The van der Waals surface area contributed by atoms with Crippen LogP contribution >= 0.6 is 0 Å². The van der Waals surface area contributed by atoms with Crippen molar-refractivity contribution in [1.29, 1.82) is 0 Å². The van der Waals surface area contributed by atoms with Gasteiger partial charge in [-0.25, -0.2) is 4.39 Å². The molecule has 0 heterocycles. The summed E-state index contributed by atoms with van der Waals surface area (Å²) in [6.45, 7) is -0.771. The van der Waals surface area contributed by atoms with Crippen molar-refractivity contribution in [2.24, 2.45) is 5.92 Å². The van der Waals surface area contributed by atoms with E-state index in [2.05, 4.69) is 0 Å². The molecular weight excluding hydrogens is 227 g/mol. The number of ether oxygens (including phenoxy) is 2. The van der Waals surface area contributed by atoms with Crippen LogP contribution in [0.25, 0.3) is 0 Å². The summed E-state index contributed by atoms with van der Waals surface area (Å²) in [6, 6.07) is 0. The van der Waals surface area contributed by atoms with Gasteiger partial charge in [-0.3, -0.25) is 0 Å². The van der Waals surface area contributed by atoms with Crippen LogP contribution in [0, 0.1) is 5.92 Å². The van der Waals surface area contributed by atoms with Gasteiger partial charge in [0.1, 0.15) is 18.7 Å². The highest BCUT2D eigenvalue weighted by Crippen LogP contribution is 2.39. The first-order chi connectivity index (χ1) is 8.26. The molecule has 0 aromatic rings. The summed E-state index contributed by atoms with van der Waals surface area (Å²) < 4.78 is 23.7. The van der Waals surface area contributed by atoms with E-state index in [1.165, 1.54) is 0 Å². The number of hydrogen-bond acceptors (Lipinski definition) is 4. The molecule has 0 aromatic heterocycles. The minimum absolute atomic E-state index is 0.0423. The van der Waals surface area contributed by atoms with E-state index in [9.17, 15) is 4.39 Å². The molecule has 0 radical (unpaired) electrons. The van der Waals surface area contributed by atoms with E-state index in [1.807, 2.05) is 0 Å². The maximum atomic E-state index is 13.4. The van der Waals surface area contributed by atoms with Gasteiger partial charge in [-0.1, -0.05) is 6.08 Å². The Bertz CT molecular complexity index is 326. The zero-order valence-corrected chi connectivity index (χ0v) is 9.51. The summed E-state index contributed by atoms with van der Waals surface area (Å²) in [5.74, 6) is 0.582. The highest BCUT2D eigenvalue weighted by molar-refractivity contribution is 5.31. The highest BCUT2D eigenvalue weighted by atomic mass is 19.1. The number of allylic oxidation sites excluding steroid dienone is 1. The Morgan fingerprint density at radius 1 is 1.29 bits per heavy atom. The Morgan fingerprint density at radius 3 is 2.82 bits per heavy atom. The third-order valence-electron chi connectivity index (χ3n) is 3.32. The van der Waals surface area contributed by atoms with Crippen molar-refractivity contribution in [3.05, 3.63) is 23.5 Å². The second-order valence-electron chi connectivity index (χ2n) is 4.27. The molecule has 0 saturated heterocycles. The zero-order valence-electron chi connectivity index (χ0n) is 9.51. The number of aliphatic hydroxyl groups is 2. The molecule has 0 aromatic carbocycles. The van der Waals surface area contributed by atoms with E-state index in [0.717, 1.165) is 5.57 Å². The number of aliphatic hydroxyl groups excluding tert-OH is 2. The Hall–Kier alpha value is -0.910. The molecule has 0 aliphatic heterocycles. The molecule has 3 unspecified atom stereocenters. The van der Waals surface area contributed by atoms with Crippen molar-refractivity contribution in [3.8, 4) is 0 Å². The average molecular weight is 244 g/mol. The molecule has 96 valence electrons. The summed E-state index contributed by atoms with van der Waals surface area (Å²) in [6.07, 6.45) is 3.86. The van der Waals surface area contributed by atoms with Crippen molar-refractivity contribution >= 4 is 0 Å². The molecule has 17 heavy (non-hydrogen) atoms. The normalized spacial score (nSPS) is 32.5. The minimum atomic E-state index is -0.861. The monoisotopic (exact) mass is 244 g/mol. The van der Waals surface area contributed by atoms with Crippen molar-refractivity contribution in [2.45, 2.75) is 31.5 Å². The second-order valence-corrected chi connectivity index (χ2v) is 4.27. The molecule has 0 bridgehead atoms. The van der Waals surface area contributed by atoms with Crippen LogP contribution in [0.1, 0.15) is 19.3 Å². The van der Waals surface area contributed by atoms with Gasteiger partial charge >= 0.3 is 0 Å². The first-order valence-corrected chi connectivity index (χ1v) is 5.77. The molecule has 0 amide bonds. The van der Waals surface area contributed by atoms with Gasteiger partial charge in [-0.05, 0) is 24.5 Å². The van der Waals surface area contributed by atoms with Crippen LogP contribution in [0.5, 0.6) is 0 Å². The van der Waals surface area contributed by atoms with Crippen molar-refractivity contribution < 1.29 is 24.1 Å². The highest BCUT2D eigenvalue weighted by Gasteiger charge is 2.35. The van der Waals surface area contributed by atoms with Crippen molar-refractivity contribution in [3.63, 3.8) is 0 Å². The Kier molecular flexibility index (Phi) is 4.15. The predicted octanol–water partition coefficient (Wildman–Crippen LogP) is 1.25. The standard InChI is InChI=1S/C12H17FO4/c13-8-1-2-9-10(5-8)12(17-7-15)4-3-11(9)16-6-14/h3-4,8-9,11,14-15H,1-2,5-7H2. The largest absolute Gasteiger partial charge is 0.468 e. The van der Waals surface area contributed by atoms with Crippen LogP contribution in [0.2, 0.25) is 0 Å². The summed E-state index contributed by atoms with van der Waals surface area (Å²) in [5.41, 5.74) is 0.846.